The predicted octanol–water partition coefficient (Wildman–Crippen LogP) is 6.79. The number of carbonyl (C=O) groups is 1. The molecule has 198 valence electrons. The van der Waals surface area contributed by atoms with E-state index in [0.29, 0.717) is 5.69 Å². The molecule has 3 aromatic rings. The van der Waals surface area contributed by atoms with E-state index in [-0.39, 0.29) is 23.5 Å². The summed E-state index contributed by atoms with van der Waals surface area (Å²) in [5, 5.41) is 13.4. The Morgan fingerprint density at radius 1 is 0.946 bits per heavy atom. The molecule has 0 spiro atoms. The Bertz CT molecular complexity index is 1200. The third kappa shape index (κ3) is 7.22. The minimum atomic E-state index is -4.97. The zero-order valence-electron chi connectivity index (χ0n) is 20.7. The molecule has 0 aliphatic carbocycles. The van der Waals surface area contributed by atoms with Crippen molar-refractivity contribution in [3.05, 3.63) is 95.3 Å². The van der Waals surface area contributed by atoms with Crippen LogP contribution in [0.2, 0.25) is 0 Å². The normalized spacial score (nSPS) is 13.5. The smallest absolute Gasteiger partial charge is 0.417 e. The Balaban J connectivity index is 1.72. The van der Waals surface area contributed by atoms with E-state index in [1.54, 1.807) is 12.1 Å². The first-order valence-corrected chi connectivity index (χ1v) is 11.5. The summed E-state index contributed by atoms with van der Waals surface area (Å²) < 4.78 is 66.7. The molecule has 1 amide bonds. The Morgan fingerprint density at radius 3 is 2.19 bits per heavy atom. The largest absolute Gasteiger partial charge is 0.496 e. The lowest BCUT2D eigenvalue weighted by atomic mass is 9.72. The first-order chi connectivity index (χ1) is 17.3. The third-order valence-corrected chi connectivity index (χ3v) is 6.06. The van der Waals surface area contributed by atoms with Gasteiger partial charge in [-0.25, -0.2) is 9.18 Å². The summed E-state index contributed by atoms with van der Waals surface area (Å²) in [5.74, 6) is -0.393. The van der Waals surface area contributed by atoms with Crippen LogP contribution >= 0.6 is 0 Å². The monoisotopic (exact) mass is 519 g/mol. The quantitative estimate of drug-likeness (QED) is 0.306. The maximum absolute atomic E-state index is 14.1. The van der Waals surface area contributed by atoms with E-state index < -0.39 is 41.9 Å². The SMILES string of the molecule is COc1ccc(F)cc1C(C)(C)CC(O)(Cc1ccc(NC(=O)OCc2ccccc2)cc1)C(F)(F)F. The highest BCUT2D eigenvalue weighted by atomic mass is 19.4. The molecule has 5 nitrogen and oxygen atoms in total. The summed E-state index contributed by atoms with van der Waals surface area (Å²) in [6, 6.07) is 18.3. The van der Waals surface area contributed by atoms with Crippen LogP contribution in [-0.4, -0.2) is 30.1 Å². The minimum absolute atomic E-state index is 0.0647. The van der Waals surface area contributed by atoms with Gasteiger partial charge in [0.25, 0.3) is 0 Å². The van der Waals surface area contributed by atoms with Crippen LogP contribution < -0.4 is 10.1 Å². The highest BCUT2D eigenvalue weighted by Crippen LogP contribution is 2.45. The van der Waals surface area contributed by atoms with Gasteiger partial charge in [-0.15, -0.1) is 0 Å². The molecule has 0 radical (unpaired) electrons. The molecule has 2 N–H and O–H groups in total. The van der Waals surface area contributed by atoms with Gasteiger partial charge in [0.1, 0.15) is 18.2 Å². The van der Waals surface area contributed by atoms with Gasteiger partial charge in [0.15, 0.2) is 5.60 Å². The molecule has 0 aliphatic heterocycles. The number of benzene rings is 3. The number of amides is 1. The fourth-order valence-corrected chi connectivity index (χ4v) is 4.22. The van der Waals surface area contributed by atoms with Gasteiger partial charge in [-0.05, 0) is 53.3 Å². The van der Waals surface area contributed by atoms with Gasteiger partial charge in [-0.3, -0.25) is 5.32 Å². The zero-order valence-corrected chi connectivity index (χ0v) is 20.7. The fourth-order valence-electron chi connectivity index (χ4n) is 4.22. The van der Waals surface area contributed by atoms with Crippen molar-refractivity contribution >= 4 is 11.8 Å². The van der Waals surface area contributed by atoms with E-state index in [1.807, 2.05) is 18.2 Å². The van der Waals surface area contributed by atoms with Crippen LogP contribution in [0.25, 0.3) is 0 Å². The van der Waals surface area contributed by atoms with Crippen LogP contribution in [-0.2, 0) is 23.2 Å². The van der Waals surface area contributed by atoms with E-state index in [2.05, 4.69) is 5.32 Å². The van der Waals surface area contributed by atoms with Crippen LogP contribution in [0.5, 0.6) is 5.75 Å². The first kappa shape index (κ1) is 28.0. The number of aliphatic hydroxyl groups is 1. The van der Waals surface area contributed by atoms with Gasteiger partial charge in [-0.2, -0.15) is 13.2 Å². The number of ether oxygens (including phenoxy) is 2. The summed E-state index contributed by atoms with van der Waals surface area (Å²) in [6.07, 6.45) is -7.16. The van der Waals surface area contributed by atoms with Crippen LogP contribution in [0.3, 0.4) is 0 Å². The predicted molar refractivity (Wildman–Crippen MR) is 132 cm³/mol. The summed E-state index contributed by atoms with van der Waals surface area (Å²) in [6.45, 7) is 3.05. The van der Waals surface area contributed by atoms with Crippen LogP contribution in [0, 0.1) is 5.82 Å². The Morgan fingerprint density at radius 2 is 1.59 bits per heavy atom. The molecule has 0 fully saturated rings. The molecule has 0 saturated carbocycles. The summed E-state index contributed by atoms with van der Waals surface area (Å²) in [4.78, 5) is 12.0. The average molecular weight is 520 g/mol. The molecular formula is C28H29F4NO4. The van der Waals surface area contributed by atoms with Crippen molar-refractivity contribution < 1.29 is 36.9 Å². The number of halogens is 4. The van der Waals surface area contributed by atoms with Crippen LogP contribution in [0.15, 0.2) is 72.8 Å². The summed E-state index contributed by atoms with van der Waals surface area (Å²) in [7, 11) is 1.34. The molecule has 37 heavy (non-hydrogen) atoms. The van der Waals surface area contributed by atoms with Gasteiger partial charge >= 0.3 is 12.3 Å². The molecule has 1 unspecified atom stereocenters. The lowest BCUT2D eigenvalue weighted by molar-refractivity contribution is -0.266. The lowest BCUT2D eigenvalue weighted by Crippen LogP contribution is -2.50. The number of alkyl halides is 3. The minimum Gasteiger partial charge on any atom is -0.496 e. The van der Waals surface area contributed by atoms with Crippen molar-refractivity contribution in [2.24, 2.45) is 0 Å². The van der Waals surface area contributed by atoms with E-state index in [0.717, 1.165) is 17.7 Å². The van der Waals surface area contributed by atoms with Crippen molar-refractivity contribution in [3.8, 4) is 5.75 Å². The first-order valence-electron chi connectivity index (χ1n) is 11.5. The topological polar surface area (TPSA) is 67.8 Å². The maximum Gasteiger partial charge on any atom is 0.417 e. The standard InChI is InChI=1S/C28H29F4NO4/c1-26(2,23-15-21(29)11-14-24(23)36-3)18-27(35,28(30,31)32)16-19-9-12-22(13-10-19)33-25(34)37-17-20-7-5-4-6-8-20/h4-15,35H,16-18H2,1-3H3,(H,33,34). The molecular weight excluding hydrogens is 490 g/mol. The number of hydrogen-bond donors (Lipinski definition) is 2. The number of anilines is 1. The molecule has 3 aromatic carbocycles. The van der Waals surface area contributed by atoms with Crippen LogP contribution in [0.1, 0.15) is 37.0 Å². The highest BCUT2D eigenvalue weighted by molar-refractivity contribution is 5.84. The lowest BCUT2D eigenvalue weighted by Gasteiger charge is -2.38. The van der Waals surface area contributed by atoms with Crippen LogP contribution in [0.4, 0.5) is 28.0 Å². The second kappa shape index (κ2) is 11.2. The Hall–Kier alpha value is -3.59. The Labute approximate surface area is 213 Å². The zero-order chi connectivity index (χ0) is 27.3. The Kier molecular flexibility index (Phi) is 8.48. The van der Waals surface area contributed by atoms with Gasteiger partial charge < -0.3 is 14.6 Å². The number of nitrogens with one attached hydrogen (secondary N) is 1. The summed E-state index contributed by atoms with van der Waals surface area (Å²) in [5.41, 5.74) is -2.87. The maximum atomic E-state index is 14.1. The van der Waals surface area contributed by atoms with E-state index in [1.165, 1.54) is 51.3 Å². The van der Waals surface area contributed by atoms with Crippen molar-refractivity contribution in [2.75, 3.05) is 12.4 Å². The third-order valence-electron chi connectivity index (χ3n) is 6.06. The molecule has 0 saturated heterocycles. The van der Waals surface area contributed by atoms with Crippen molar-refractivity contribution in [1.82, 2.24) is 0 Å². The number of rotatable bonds is 9. The van der Waals surface area contributed by atoms with E-state index in [4.69, 9.17) is 9.47 Å². The average Bonchev–Trinajstić information content (AvgIpc) is 2.83. The molecule has 0 heterocycles. The van der Waals surface area contributed by atoms with Gasteiger partial charge in [0.2, 0.25) is 0 Å². The van der Waals surface area contributed by atoms with Crippen molar-refractivity contribution in [2.45, 2.75) is 50.5 Å². The van der Waals surface area contributed by atoms with Crippen molar-refractivity contribution in [1.29, 1.82) is 0 Å². The summed E-state index contributed by atoms with van der Waals surface area (Å²) >= 11 is 0. The second-order valence-electron chi connectivity index (χ2n) is 9.50. The number of carbonyl (C=O) groups excluding carboxylic acids is 1. The molecule has 0 aromatic heterocycles. The highest BCUT2D eigenvalue weighted by Gasteiger charge is 2.56. The molecule has 3 rings (SSSR count). The molecule has 0 bridgehead atoms. The van der Waals surface area contributed by atoms with E-state index >= 15 is 0 Å². The fraction of sp³-hybridized carbons (Fsp3) is 0.321. The molecule has 9 heteroatoms. The van der Waals surface area contributed by atoms with E-state index in [9.17, 15) is 27.5 Å². The van der Waals surface area contributed by atoms with Crippen molar-refractivity contribution in [3.63, 3.8) is 0 Å². The second-order valence-corrected chi connectivity index (χ2v) is 9.50. The number of methoxy groups -OCH3 is 1. The van der Waals surface area contributed by atoms with Gasteiger partial charge in [-0.1, -0.05) is 56.3 Å². The molecule has 0 aliphatic rings. The number of hydrogen-bond acceptors (Lipinski definition) is 4. The van der Waals surface area contributed by atoms with Gasteiger partial charge in [0, 0.05) is 17.7 Å². The van der Waals surface area contributed by atoms with Gasteiger partial charge in [0.05, 0.1) is 7.11 Å². The molecule has 1 atom stereocenters.